The van der Waals surface area contributed by atoms with E-state index in [9.17, 15) is 4.79 Å². The van der Waals surface area contributed by atoms with Crippen molar-refractivity contribution in [1.82, 2.24) is 0 Å². The molecule has 0 aliphatic heterocycles. The van der Waals surface area contributed by atoms with E-state index in [0.29, 0.717) is 11.7 Å². The normalized spacial score (nSPS) is 14.6. The first-order valence-electron chi connectivity index (χ1n) is 5.18. The van der Waals surface area contributed by atoms with Crippen LogP contribution in [0, 0.1) is 0 Å². The number of halogens is 1. The van der Waals surface area contributed by atoms with Crippen LogP contribution in [-0.4, -0.2) is 19.2 Å². The molecular formula is C12H13BrO3. The van der Waals surface area contributed by atoms with E-state index in [4.69, 9.17) is 4.74 Å². The van der Waals surface area contributed by atoms with Crippen molar-refractivity contribution in [2.45, 2.75) is 24.3 Å². The van der Waals surface area contributed by atoms with E-state index in [2.05, 4.69) is 20.7 Å². The van der Waals surface area contributed by atoms with Gasteiger partial charge in [0.1, 0.15) is 5.75 Å². The Bertz CT molecular complexity index is 399. The van der Waals surface area contributed by atoms with Gasteiger partial charge in [0.25, 0.3) is 0 Å². The number of rotatable bonds is 4. The SMILES string of the molecule is COC(=O)c1ccc(CBr)c(OC2CC2)c1. The van der Waals surface area contributed by atoms with Gasteiger partial charge in [-0.15, -0.1) is 0 Å². The van der Waals surface area contributed by atoms with Gasteiger partial charge >= 0.3 is 5.97 Å². The summed E-state index contributed by atoms with van der Waals surface area (Å²) in [6.45, 7) is 0. The Morgan fingerprint density at radius 3 is 2.81 bits per heavy atom. The number of hydrogen-bond donors (Lipinski definition) is 0. The Morgan fingerprint density at radius 2 is 2.25 bits per heavy atom. The number of carbonyl (C=O) groups is 1. The molecule has 0 unspecified atom stereocenters. The van der Waals surface area contributed by atoms with Crippen LogP contribution in [0.3, 0.4) is 0 Å². The molecule has 0 radical (unpaired) electrons. The van der Waals surface area contributed by atoms with Crippen LogP contribution in [0.5, 0.6) is 5.75 Å². The highest BCUT2D eigenvalue weighted by Crippen LogP contribution is 2.31. The van der Waals surface area contributed by atoms with Gasteiger partial charge in [-0.3, -0.25) is 0 Å². The molecule has 0 N–H and O–H groups in total. The van der Waals surface area contributed by atoms with Gasteiger partial charge in [-0.2, -0.15) is 0 Å². The van der Waals surface area contributed by atoms with Crippen LogP contribution >= 0.6 is 15.9 Å². The van der Waals surface area contributed by atoms with Gasteiger partial charge in [-0.05, 0) is 25.0 Å². The van der Waals surface area contributed by atoms with Crippen molar-refractivity contribution in [3.05, 3.63) is 29.3 Å². The first-order chi connectivity index (χ1) is 7.74. The smallest absolute Gasteiger partial charge is 0.337 e. The Labute approximate surface area is 103 Å². The highest BCUT2D eigenvalue weighted by atomic mass is 79.9. The van der Waals surface area contributed by atoms with Crippen molar-refractivity contribution >= 4 is 21.9 Å². The largest absolute Gasteiger partial charge is 0.490 e. The fourth-order valence-electron chi connectivity index (χ4n) is 1.38. The van der Waals surface area contributed by atoms with Gasteiger partial charge < -0.3 is 9.47 Å². The van der Waals surface area contributed by atoms with E-state index in [-0.39, 0.29) is 5.97 Å². The van der Waals surface area contributed by atoms with E-state index in [0.717, 1.165) is 29.5 Å². The summed E-state index contributed by atoms with van der Waals surface area (Å²) in [5.74, 6) is 0.448. The van der Waals surface area contributed by atoms with Crippen molar-refractivity contribution in [3.8, 4) is 5.75 Å². The monoisotopic (exact) mass is 284 g/mol. The lowest BCUT2D eigenvalue weighted by molar-refractivity contribution is 0.0600. The Hall–Kier alpha value is -1.03. The predicted molar refractivity (Wildman–Crippen MR) is 64.1 cm³/mol. The molecule has 1 aliphatic carbocycles. The first kappa shape index (κ1) is 11.5. The van der Waals surface area contributed by atoms with Crippen molar-refractivity contribution in [3.63, 3.8) is 0 Å². The molecule has 86 valence electrons. The zero-order valence-corrected chi connectivity index (χ0v) is 10.6. The minimum absolute atomic E-state index is 0.325. The number of benzene rings is 1. The number of methoxy groups -OCH3 is 1. The van der Waals surface area contributed by atoms with E-state index in [1.54, 1.807) is 12.1 Å². The molecule has 0 heterocycles. The molecule has 1 fully saturated rings. The summed E-state index contributed by atoms with van der Waals surface area (Å²) >= 11 is 3.40. The molecule has 1 aromatic rings. The summed E-state index contributed by atoms with van der Waals surface area (Å²) in [6, 6.07) is 5.39. The quantitative estimate of drug-likeness (QED) is 0.630. The van der Waals surface area contributed by atoms with Crippen LogP contribution in [0.15, 0.2) is 18.2 Å². The van der Waals surface area contributed by atoms with Crippen LogP contribution in [0.2, 0.25) is 0 Å². The topological polar surface area (TPSA) is 35.5 Å². The molecular weight excluding hydrogens is 272 g/mol. The van der Waals surface area contributed by atoms with Crippen LogP contribution < -0.4 is 4.74 Å². The lowest BCUT2D eigenvalue weighted by Gasteiger charge is -2.10. The van der Waals surface area contributed by atoms with E-state index >= 15 is 0 Å². The van der Waals surface area contributed by atoms with Gasteiger partial charge in [0.2, 0.25) is 0 Å². The van der Waals surface area contributed by atoms with Crippen molar-refractivity contribution in [1.29, 1.82) is 0 Å². The van der Waals surface area contributed by atoms with Gasteiger partial charge in [0.15, 0.2) is 0 Å². The maximum atomic E-state index is 11.4. The zero-order valence-electron chi connectivity index (χ0n) is 9.03. The van der Waals surface area contributed by atoms with Crippen LogP contribution in [-0.2, 0) is 10.1 Å². The maximum absolute atomic E-state index is 11.4. The van der Waals surface area contributed by atoms with E-state index < -0.39 is 0 Å². The van der Waals surface area contributed by atoms with Gasteiger partial charge in [-0.1, -0.05) is 22.0 Å². The molecule has 1 aliphatic rings. The molecule has 3 nitrogen and oxygen atoms in total. The molecule has 1 saturated carbocycles. The minimum atomic E-state index is -0.332. The molecule has 2 rings (SSSR count). The van der Waals surface area contributed by atoms with E-state index in [1.807, 2.05) is 6.07 Å². The fourth-order valence-corrected chi connectivity index (χ4v) is 1.85. The van der Waals surface area contributed by atoms with Crippen molar-refractivity contribution in [2.24, 2.45) is 0 Å². The predicted octanol–water partition coefficient (Wildman–Crippen LogP) is 2.91. The average molecular weight is 285 g/mol. The number of esters is 1. The lowest BCUT2D eigenvalue weighted by atomic mass is 10.1. The molecule has 16 heavy (non-hydrogen) atoms. The summed E-state index contributed by atoms with van der Waals surface area (Å²) in [7, 11) is 1.38. The maximum Gasteiger partial charge on any atom is 0.337 e. The lowest BCUT2D eigenvalue weighted by Crippen LogP contribution is -2.04. The Morgan fingerprint density at radius 1 is 1.50 bits per heavy atom. The second kappa shape index (κ2) is 4.87. The highest BCUT2D eigenvalue weighted by molar-refractivity contribution is 9.08. The van der Waals surface area contributed by atoms with Gasteiger partial charge in [0.05, 0.1) is 18.8 Å². The number of hydrogen-bond acceptors (Lipinski definition) is 3. The third-order valence-electron chi connectivity index (χ3n) is 2.45. The first-order valence-corrected chi connectivity index (χ1v) is 6.30. The summed E-state index contributed by atoms with van der Waals surface area (Å²) in [6.07, 6.45) is 2.53. The third kappa shape index (κ3) is 2.55. The molecule has 0 amide bonds. The number of ether oxygens (including phenoxy) is 2. The second-order valence-electron chi connectivity index (χ2n) is 3.76. The number of alkyl halides is 1. The Kier molecular flexibility index (Phi) is 3.49. The molecule has 0 bridgehead atoms. The minimum Gasteiger partial charge on any atom is -0.490 e. The fraction of sp³-hybridized carbons (Fsp3) is 0.417. The van der Waals surface area contributed by atoms with Gasteiger partial charge in [0, 0.05) is 10.9 Å². The molecule has 1 aromatic carbocycles. The van der Waals surface area contributed by atoms with Crippen molar-refractivity contribution < 1.29 is 14.3 Å². The molecule has 0 aromatic heterocycles. The standard InChI is InChI=1S/C12H13BrO3/c1-15-12(14)8-2-3-9(7-13)11(6-8)16-10-4-5-10/h2-3,6,10H,4-5,7H2,1H3. The zero-order chi connectivity index (χ0) is 11.5. The molecule has 0 spiro atoms. The molecule has 0 saturated heterocycles. The third-order valence-corrected chi connectivity index (χ3v) is 3.05. The van der Waals surface area contributed by atoms with Crippen LogP contribution in [0.1, 0.15) is 28.8 Å². The summed E-state index contributed by atoms with van der Waals surface area (Å²) < 4.78 is 10.4. The second-order valence-corrected chi connectivity index (χ2v) is 4.33. The van der Waals surface area contributed by atoms with E-state index in [1.165, 1.54) is 7.11 Å². The van der Waals surface area contributed by atoms with Crippen LogP contribution in [0.4, 0.5) is 0 Å². The van der Waals surface area contributed by atoms with Crippen LogP contribution in [0.25, 0.3) is 0 Å². The summed E-state index contributed by atoms with van der Waals surface area (Å²) in [5, 5.41) is 0.719. The van der Waals surface area contributed by atoms with Gasteiger partial charge in [-0.25, -0.2) is 4.79 Å². The average Bonchev–Trinajstić information content (AvgIpc) is 3.12. The molecule has 4 heteroatoms. The highest BCUT2D eigenvalue weighted by Gasteiger charge is 2.24. The van der Waals surface area contributed by atoms with Crippen molar-refractivity contribution in [2.75, 3.05) is 7.11 Å². The molecule has 0 atom stereocenters. The Balaban J connectivity index is 2.25. The number of carbonyl (C=O) groups excluding carboxylic acids is 1. The summed E-state index contributed by atoms with van der Waals surface area (Å²) in [4.78, 5) is 11.4. The summed E-state index contributed by atoms with van der Waals surface area (Å²) in [5.41, 5.74) is 1.59.